The summed E-state index contributed by atoms with van der Waals surface area (Å²) >= 11 is 0. The Labute approximate surface area is 126 Å². The Morgan fingerprint density at radius 2 is 1.73 bits per heavy atom. The number of rotatable bonds is 3. The van der Waals surface area contributed by atoms with E-state index in [2.05, 4.69) is 25.4 Å². The topological polar surface area (TPSA) is 68.5 Å². The minimum atomic E-state index is 0.686. The van der Waals surface area contributed by atoms with Crippen molar-refractivity contribution in [2.45, 2.75) is 0 Å². The van der Waals surface area contributed by atoms with E-state index < -0.39 is 0 Å². The van der Waals surface area contributed by atoms with E-state index in [4.69, 9.17) is 0 Å². The molecule has 0 fully saturated rings. The first-order valence-corrected chi connectivity index (χ1v) is 6.84. The number of aromatic nitrogens is 5. The Bertz CT molecular complexity index is 902. The highest BCUT2D eigenvalue weighted by molar-refractivity contribution is 5.88. The standard InChI is InChI=1S/C16H12N6/c1-2-6-12(7-3-1)22-16-13(10-20-22)15(18-11-19-16)21-14-8-4-5-9-17-14/h1-11H,(H,17,18,19,21). The van der Waals surface area contributed by atoms with Crippen molar-refractivity contribution >= 4 is 22.7 Å². The molecule has 6 nitrogen and oxygen atoms in total. The first-order valence-electron chi connectivity index (χ1n) is 6.84. The van der Waals surface area contributed by atoms with Gasteiger partial charge < -0.3 is 5.32 Å². The first kappa shape index (κ1) is 12.5. The molecule has 22 heavy (non-hydrogen) atoms. The fourth-order valence-corrected chi connectivity index (χ4v) is 2.26. The zero-order valence-corrected chi connectivity index (χ0v) is 11.6. The van der Waals surface area contributed by atoms with Gasteiger partial charge in [-0.1, -0.05) is 24.3 Å². The van der Waals surface area contributed by atoms with Crippen molar-refractivity contribution in [3.63, 3.8) is 0 Å². The number of anilines is 2. The van der Waals surface area contributed by atoms with E-state index >= 15 is 0 Å². The highest BCUT2D eigenvalue weighted by atomic mass is 15.3. The van der Waals surface area contributed by atoms with E-state index in [0.29, 0.717) is 5.82 Å². The van der Waals surface area contributed by atoms with Crippen molar-refractivity contribution in [1.82, 2.24) is 24.7 Å². The summed E-state index contributed by atoms with van der Waals surface area (Å²) in [5.74, 6) is 1.42. The Hall–Kier alpha value is -3.28. The van der Waals surface area contributed by atoms with Crippen LogP contribution in [-0.4, -0.2) is 24.7 Å². The van der Waals surface area contributed by atoms with Crippen molar-refractivity contribution in [2.24, 2.45) is 0 Å². The summed E-state index contributed by atoms with van der Waals surface area (Å²) in [5.41, 5.74) is 1.71. The van der Waals surface area contributed by atoms with Gasteiger partial charge >= 0.3 is 0 Å². The predicted molar refractivity (Wildman–Crippen MR) is 84.2 cm³/mol. The van der Waals surface area contributed by atoms with Crippen LogP contribution in [0.15, 0.2) is 67.3 Å². The van der Waals surface area contributed by atoms with Crippen LogP contribution in [0.5, 0.6) is 0 Å². The lowest BCUT2D eigenvalue weighted by molar-refractivity contribution is 0.895. The number of para-hydroxylation sites is 1. The van der Waals surface area contributed by atoms with Gasteiger partial charge in [-0.25, -0.2) is 19.6 Å². The van der Waals surface area contributed by atoms with Crippen molar-refractivity contribution in [2.75, 3.05) is 5.32 Å². The SMILES string of the molecule is c1ccc(-n2ncc3c(Nc4ccccn4)ncnc32)cc1. The molecule has 3 aromatic heterocycles. The summed E-state index contributed by atoms with van der Waals surface area (Å²) in [6.07, 6.45) is 5.01. The molecule has 6 heteroatoms. The number of pyridine rings is 1. The van der Waals surface area contributed by atoms with Gasteiger partial charge in [0, 0.05) is 6.20 Å². The zero-order valence-electron chi connectivity index (χ0n) is 11.6. The van der Waals surface area contributed by atoms with Crippen molar-refractivity contribution in [1.29, 1.82) is 0 Å². The number of hydrogen-bond acceptors (Lipinski definition) is 5. The van der Waals surface area contributed by atoms with Crippen molar-refractivity contribution in [3.8, 4) is 5.69 Å². The molecule has 0 radical (unpaired) electrons. The molecule has 0 aliphatic carbocycles. The molecule has 0 saturated carbocycles. The highest BCUT2D eigenvalue weighted by Crippen LogP contribution is 2.23. The normalized spacial score (nSPS) is 10.7. The van der Waals surface area contributed by atoms with Crippen LogP contribution in [-0.2, 0) is 0 Å². The molecule has 106 valence electrons. The Kier molecular flexibility index (Phi) is 2.97. The van der Waals surface area contributed by atoms with Crippen molar-refractivity contribution in [3.05, 3.63) is 67.3 Å². The molecule has 0 unspecified atom stereocenters. The average Bonchev–Trinajstić information content (AvgIpc) is 3.02. The fourth-order valence-electron chi connectivity index (χ4n) is 2.26. The van der Waals surface area contributed by atoms with Gasteiger partial charge in [-0.05, 0) is 24.3 Å². The second kappa shape index (κ2) is 5.25. The molecule has 0 bridgehead atoms. The first-order chi connectivity index (χ1) is 10.9. The largest absolute Gasteiger partial charge is 0.324 e. The summed E-state index contributed by atoms with van der Waals surface area (Å²) in [5, 5.41) is 8.46. The van der Waals surface area contributed by atoms with Gasteiger partial charge in [0.25, 0.3) is 0 Å². The summed E-state index contributed by atoms with van der Waals surface area (Å²) < 4.78 is 1.79. The van der Waals surface area contributed by atoms with Crippen LogP contribution in [0, 0.1) is 0 Å². The Morgan fingerprint density at radius 1 is 0.864 bits per heavy atom. The van der Waals surface area contributed by atoms with Crippen LogP contribution < -0.4 is 5.32 Å². The van der Waals surface area contributed by atoms with Gasteiger partial charge in [0.15, 0.2) is 5.65 Å². The zero-order chi connectivity index (χ0) is 14.8. The summed E-state index contributed by atoms with van der Waals surface area (Å²) in [6, 6.07) is 15.6. The van der Waals surface area contributed by atoms with E-state index in [9.17, 15) is 0 Å². The van der Waals surface area contributed by atoms with E-state index in [1.807, 2.05) is 48.5 Å². The number of fused-ring (bicyclic) bond motifs is 1. The molecule has 0 aliphatic rings. The summed E-state index contributed by atoms with van der Waals surface area (Å²) in [4.78, 5) is 12.9. The lowest BCUT2D eigenvalue weighted by Crippen LogP contribution is -1.99. The summed E-state index contributed by atoms with van der Waals surface area (Å²) in [6.45, 7) is 0. The lowest BCUT2D eigenvalue weighted by Gasteiger charge is -2.06. The molecule has 4 rings (SSSR count). The monoisotopic (exact) mass is 288 g/mol. The molecule has 0 aliphatic heterocycles. The van der Waals surface area contributed by atoms with Crippen LogP contribution >= 0.6 is 0 Å². The van der Waals surface area contributed by atoms with E-state index in [0.717, 1.165) is 22.5 Å². The quantitative estimate of drug-likeness (QED) is 0.627. The number of nitrogens with one attached hydrogen (secondary N) is 1. The van der Waals surface area contributed by atoms with Crippen LogP contribution in [0.3, 0.4) is 0 Å². The van der Waals surface area contributed by atoms with Crippen LogP contribution in [0.1, 0.15) is 0 Å². The van der Waals surface area contributed by atoms with Crippen LogP contribution in [0.25, 0.3) is 16.7 Å². The van der Waals surface area contributed by atoms with E-state index in [1.54, 1.807) is 17.1 Å². The maximum atomic E-state index is 4.42. The fraction of sp³-hybridized carbons (Fsp3) is 0. The second-order valence-corrected chi connectivity index (χ2v) is 4.69. The van der Waals surface area contributed by atoms with Gasteiger partial charge in [0.1, 0.15) is 18.0 Å². The molecular formula is C16H12N6. The number of nitrogens with zero attached hydrogens (tertiary/aromatic N) is 5. The van der Waals surface area contributed by atoms with Crippen LogP contribution in [0.2, 0.25) is 0 Å². The maximum absolute atomic E-state index is 4.42. The molecular weight excluding hydrogens is 276 g/mol. The molecule has 0 spiro atoms. The molecule has 0 amide bonds. The molecule has 0 atom stereocenters. The van der Waals surface area contributed by atoms with Gasteiger partial charge in [-0.2, -0.15) is 5.10 Å². The third-order valence-electron chi connectivity index (χ3n) is 3.28. The van der Waals surface area contributed by atoms with Gasteiger partial charge in [0.05, 0.1) is 17.3 Å². The van der Waals surface area contributed by atoms with Gasteiger partial charge in [0.2, 0.25) is 0 Å². The molecule has 1 N–H and O–H groups in total. The molecule has 3 heterocycles. The maximum Gasteiger partial charge on any atom is 0.168 e. The third-order valence-corrected chi connectivity index (χ3v) is 3.28. The van der Waals surface area contributed by atoms with Crippen molar-refractivity contribution < 1.29 is 0 Å². The average molecular weight is 288 g/mol. The van der Waals surface area contributed by atoms with E-state index in [-0.39, 0.29) is 0 Å². The third kappa shape index (κ3) is 2.16. The Balaban J connectivity index is 1.81. The number of hydrogen-bond donors (Lipinski definition) is 1. The highest BCUT2D eigenvalue weighted by Gasteiger charge is 2.11. The molecule has 4 aromatic rings. The molecule has 1 aromatic carbocycles. The second-order valence-electron chi connectivity index (χ2n) is 4.69. The minimum absolute atomic E-state index is 0.686. The van der Waals surface area contributed by atoms with Gasteiger partial charge in [-0.15, -0.1) is 0 Å². The summed E-state index contributed by atoms with van der Waals surface area (Å²) in [7, 11) is 0. The van der Waals surface area contributed by atoms with Crippen LogP contribution in [0.4, 0.5) is 11.6 Å². The number of benzene rings is 1. The lowest BCUT2D eigenvalue weighted by atomic mass is 10.3. The van der Waals surface area contributed by atoms with E-state index in [1.165, 1.54) is 6.33 Å². The smallest absolute Gasteiger partial charge is 0.168 e. The predicted octanol–water partition coefficient (Wildman–Crippen LogP) is 2.95. The van der Waals surface area contributed by atoms with Gasteiger partial charge in [-0.3, -0.25) is 0 Å². The Morgan fingerprint density at radius 3 is 2.55 bits per heavy atom. The molecule has 0 saturated heterocycles. The minimum Gasteiger partial charge on any atom is -0.324 e.